The molecule has 1 amide bonds. The molecule has 1 aliphatic rings. The van der Waals surface area contributed by atoms with Crippen LogP contribution in [0.15, 0.2) is 72.8 Å². The lowest BCUT2D eigenvalue weighted by Crippen LogP contribution is -2.41. The van der Waals surface area contributed by atoms with Crippen LogP contribution in [-0.2, 0) is 16.1 Å². The van der Waals surface area contributed by atoms with Crippen LogP contribution >= 0.6 is 0 Å². The lowest BCUT2D eigenvalue weighted by molar-refractivity contribution is -0.146. The van der Waals surface area contributed by atoms with E-state index in [1.807, 2.05) is 72.8 Å². The summed E-state index contributed by atoms with van der Waals surface area (Å²) in [6.45, 7) is 0.427. The average molecular weight is 335 g/mol. The Morgan fingerprint density at radius 2 is 1.44 bits per heavy atom. The lowest BCUT2D eigenvalue weighted by atomic mass is 9.82. The minimum Gasteiger partial charge on any atom is -0.481 e. The van der Waals surface area contributed by atoms with Gasteiger partial charge < -0.3 is 10.0 Å². The number of carboxylic acid groups (broad SMARTS) is 1. The summed E-state index contributed by atoms with van der Waals surface area (Å²) in [7, 11) is 0. The number of benzene rings is 2. The van der Waals surface area contributed by atoms with Crippen LogP contribution in [0.1, 0.15) is 18.4 Å². The molecule has 0 aliphatic heterocycles. The zero-order chi connectivity index (χ0) is 17.6. The number of nitrogens with zero attached hydrogens (tertiary/aromatic N) is 1. The summed E-state index contributed by atoms with van der Waals surface area (Å²) < 4.78 is 0. The number of rotatable bonds is 5. The van der Waals surface area contributed by atoms with E-state index in [0.717, 1.165) is 11.3 Å². The van der Waals surface area contributed by atoms with Crippen LogP contribution in [0.2, 0.25) is 0 Å². The minimum atomic E-state index is -0.907. The van der Waals surface area contributed by atoms with Gasteiger partial charge in [0.2, 0.25) is 5.91 Å². The molecule has 2 aromatic carbocycles. The van der Waals surface area contributed by atoms with Gasteiger partial charge >= 0.3 is 5.97 Å². The predicted molar refractivity (Wildman–Crippen MR) is 97.1 cm³/mol. The van der Waals surface area contributed by atoms with Crippen molar-refractivity contribution >= 4 is 17.6 Å². The molecule has 4 nitrogen and oxygen atoms in total. The summed E-state index contributed by atoms with van der Waals surface area (Å²) >= 11 is 0. The van der Waals surface area contributed by atoms with Gasteiger partial charge in [-0.15, -0.1) is 0 Å². The van der Waals surface area contributed by atoms with Crippen molar-refractivity contribution in [3.63, 3.8) is 0 Å². The van der Waals surface area contributed by atoms with Gasteiger partial charge in [-0.2, -0.15) is 0 Å². The van der Waals surface area contributed by atoms with Gasteiger partial charge in [-0.25, -0.2) is 0 Å². The van der Waals surface area contributed by atoms with E-state index in [2.05, 4.69) is 0 Å². The Hall–Kier alpha value is -2.88. The first-order valence-electron chi connectivity index (χ1n) is 8.45. The van der Waals surface area contributed by atoms with E-state index in [1.165, 1.54) is 0 Å². The summed E-state index contributed by atoms with van der Waals surface area (Å²) in [6.07, 6.45) is 4.63. The number of allylic oxidation sites excluding steroid dienone is 2. The third kappa shape index (κ3) is 3.97. The molecule has 0 radical (unpaired) electrons. The van der Waals surface area contributed by atoms with Crippen LogP contribution < -0.4 is 4.90 Å². The van der Waals surface area contributed by atoms with Gasteiger partial charge in [-0.3, -0.25) is 9.59 Å². The molecule has 4 heteroatoms. The Bertz CT molecular complexity index is 755. The van der Waals surface area contributed by atoms with Crippen molar-refractivity contribution in [1.29, 1.82) is 0 Å². The fraction of sp³-hybridized carbons (Fsp3) is 0.238. The highest BCUT2D eigenvalue weighted by atomic mass is 16.4. The van der Waals surface area contributed by atoms with E-state index in [1.54, 1.807) is 4.90 Å². The molecular formula is C21H21NO3. The first-order chi connectivity index (χ1) is 12.2. The van der Waals surface area contributed by atoms with Gasteiger partial charge in [-0.1, -0.05) is 60.7 Å². The molecule has 1 aliphatic carbocycles. The molecule has 2 unspecified atom stereocenters. The molecule has 0 saturated carbocycles. The number of hydrogen-bond acceptors (Lipinski definition) is 2. The Balaban J connectivity index is 1.92. The Labute approximate surface area is 147 Å². The first-order valence-corrected chi connectivity index (χ1v) is 8.45. The molecule has 25 heavy (non-hydrogen) atoms. The monoisotopic (exact) mass is 335 g/mol. The van der Waals surface area contributed by atoms with Crippen LogP contribution in [-0.4, -0.2) is 17.0 Å². The maximum atomic E-state index is 13.2. The van der Waals surface area contributed by atoms with Crippen LogP contribution in [0.5, 0.6) is 0 Å². The summed E-state index contributed by atoms with van der Waals surface area (Å²) in [6, 6.07) is 19.2. The van der Waals surface area contributed by atoms with Crippen molar-refractivity contribution in [3.05, 3.63) is 78.4 Å². The molecule has 0 spiro atoms. The second-order valence-corrected chi connectivity index (χ2v) is 6.24. The highest BCUT2D eigenvalue weighted by Gasteiger charge is 2.36. The molecule has 128 valence electrons. The maximum absolute atomic E-state index is 13.2. The summed E-state index contributed by atoms with van der Waals surface area (Å²) in [4.78, 5) is 26.5. The lowest BCUT2D eigenvalue weighted by Gasteiger charge is -2.31. The smallest absolute Gasteiger partial charge is 0.307 e. The van der Waals surface area contributed by atoms with E-state index >= 15 is 0 Å². The molecule has 1 N–H and O–H groups in total. The predicted octanol–water partition coefficient (Wildman–Crippen LogP) is 3.89. The van der Waals surface area contributed by atoms with Crippen LogP contribution in [0.25, 0.3) is 0 Å². The zero-order valence-electron chi connectivity index (χ0n) is 13.9. The molecule has 0 fully saturated rings. The number of hydrogen-bond donors (Lipinski definition) is 1. The quantitative estimate of drug-likeness (QED) is 0.844. The normalized spacial score (nSPS) is 19.4. The molecule has 0 aromatic heterocycles. The molecule has 0 bridgehead atoms. The highest BCUT2D eigenvalue weighted by Crippen LogP contribution is 2.30. The molecule has 0 heterocycles. The number of carbonyl (C=O) groups excluding carboxylic acids is 1. The largest absolute Gasteiger partial charge is 0.481 e. The first kappa shape index (κ1) is 17.0. The fourth-order valence-electron chi connectivity index (χ4n) is 3.23. The van der Waals surface area contributed by atoms with Gasteiger partial charge in [-0.05, 0) is 30.5 Å². The molecule has 3 rings (SSSR count). The van der Waals surface area contributed by atoms with E-state index < -0.39 is 17.8 Å². The van der Waals surface area contributed by atoms with E-state index in [0.29, 0.717) is 19.4 Å². The van der Waals surface area contributed by atoms with Crippen molar-refractivity contribution in [1.82, 2.24) is 0 Å². The van der Waals surface area contributed by atoms with Crippen LogP contribution in [0.4, 0.5) is 5.69 Å². The van der Waals surface area contributed by atoms with E-state index in [4.69, 9.17) is 0 Å². The van der Waals surface area contributed by atoms with Crippen LogP contribution in [0, 0.1) is 11.8 Å². The summed E-state index contributed by atoms with van der Waals surface area (Å²) in [5, 5.41) is 9.50. The maximum Gasteiger partial charge on any atom is 0.307 e. The Morgan fingerprint density at radius 3 is 2.04 bits per heavy atom. The summed E-state index contributed by atoms with van der Waals surface area (Å²) in [5.41, 5.74) is 1.80. The number of anilines is 1. The van der Waals surface area contributed by atoms with Gasteiger partial charge in [0.1, 0.15) is 0 Å². The number of amides is 1. The number of carbonyl (C=O) groups is 2. The molecular weight excluding hydrogens is 314 g/mol. The van der Waals surface area contributed by atoms with Crippen molar-refractivity contribution in [2.75, 3.05) is 4.90 Å². The van der Waals surface area contributed by atoms with Gasteiger partial charge in [0.25, 0.3) is 0 Å². The standard InChI is InChI=1S/C21H21NO3/c23-20(18-13-7-8-14-19(18)21(24)25)22(17-11-5-2-6-12-17)15-16-9-3-1-4-10-16/h1-12,18-19H,13-15H2,(H,24,25). The zero-order valence-corrected chi connectivity index (χ0v) is 13.9. The van der Waals surface area contributed by atoms with Crippen molar-refractivity contribution < 1.29 is 14.7 Å². The Morgan fingerprint density at radius 1 is 0.880 bits per heavy atom. The third-order valence-corrected chi connectivity index (χ3v) is 4.58. The highest BCUT2D eigenvalue weighted by molar-refractivity contribution is 5.97. The second kappa shape index (κ2) is 7.79. The number of carboxylic acids is 1. The SMILES string of the molecule is O=C(O)C1CC=CCC1C(=O)N(Cc1ccccc1)c1ccccc1. The number of para-hydroxylation sites is 1. The van der Waals surface area contributed by atoms with Gasteiger partial charge in [0, 0.05) is 5.69 Å². The minimum absolute atomic E-state index is 0.133. The van der Waals surface area contributed by atoms with Crippen molar-refractivity contribution in [2.24, 2.45) is 11.8 Å². The average Bonchev–Trinajstić information content (AvgIpc) is 2.67. The van der Waals surface area contributed by atoms with E-state index in [9.17, 15) is 14.7 Å². The molecule has 2 atom stereocenters. The van der Waals surface area contributed by atoms with Crippen LogP contribution in [0.3, 0.4) is 0 Å². The second-order valence-electron chi connectivity index (χ2n) is 6.24. The van der Waals surface area contributed by atoms with Gasteiger partial charge in [0.05, 0.1) is 18.4 Å². The van der Waals surface area contributed by atoms with Gasteiger partial charge in [0.15, 0.2) is 0 Å². The fourth-order valence-corrected chi connectivity index (χ4v) is 3.23. The molecule has 2 aromatic rings. The Kier molecular flexibility index (Phi) is 5.29. The topological polar surface area (TPSA) is 57.6 Å². The summed E-state index contributed by atoms with van der Waals surface area (Å²) in [5.74, 6) is -2.24. The number of aliphatic carboxylic acids is 1. The van der Waals surface area contributed by atoms with Crippen molar-refractivity contribution in [2.45, 2.75) is 19.4 Å². The third-order valence-electron chi connectivity index (χ3n) is 4.58. The van der Waals surface area contributed by atoms with E-state index in [-0.39, 0.29) is 5.91 Å². The molecule has 0 saturated heterocycles. The van der Waals surface area contributed by atoms with Crippen molar-refractivity contribution in [3.8, 4) is 0 Å².